The minimum Gasteiger partial charge on any atom is -0.351 e. The summed E-state index contributed by atoms with van der Waals surface area (Å²) in [5.74, 6) is -0.592. The molecule has 0 saturated heterocycles. The summed E-state index contributed by atoms with van der Waals surface area (Å²) in [5.41, 5.74) is 2.50. The fraction of sp³-hybridized carbons (Fsp3) is 0.238. The third kappa shape index (κ3) is 4.85. The van der Waals surface area contributed by atoms with Gasteiger partial charge in [-0.25, -0.2) is 9.37 Å². The van der Waals surface area contributed by atoms with Gasteiger partial charge < -0.3 is 5.32 Å². The maximum atomic E-state index is 13.6. The summed E-state index contributed by atoms with van der Waals surface area (Å²) in [6.07, 6.45) is 0.164. The van der Waals surface area contributed by atoms with E-state index in [-0.39, 0.29) is 22.9 Å². The van der Waals surface area contributed by atoms with Crippen LogP contribution in [0, 0.1) is 5.82 Å². The standard InChI is InChI=1S/C21H19BrClFN2O/c1-21(2,3)26-19(27)11-14-8-13-9-15(22)5-7-18(13)25-20(14)12-4-6-17(24)16(23)10-12/h4-10H,11H2,1-3H3,(H,26,27). The van der Waals surface area contributed by atoms with Gasteiger partial charge in [0.25, 0.3) is 0 Å². The number of rotatable bonds is 3. The first-order valence-corrected chi connectivity index (χ1v) is 9.65. The molecular weight excluding hydrogens is 431 g/mol. The predicted octanol–water partition coefficient (Wildman–Crippen LogP) is 5.91. The summed E-state index contributed by atoms with van der Waals surface area (Å²) in [7, 11) is 0. The Morgan fingerprint density at radius 3 is 2.59 bits per heavy atom. The Kier molecular flexibility index (Phi) is 5.54. The van der Waals surface area contributed by atoms with Gasteiger partial charge in [-0.05, 0) is 68.8 Å². The van der Waals surface area contributed by atoms with Crippen LogP contribution in [0.5, 0.6) is 0 Å². The molecule has 0 spiro atoms. The van der Waals surface area contributed by atoms with E-state index in [2.05, 4.69) is 21.2 Å². The van der Waals surface area contributed by atoms with Gasteiger partial charge in [0.05, 0.1) is 22.7 Å². The van der Waals surface area contributed by atoms with Crippen molar-refractivity contribution >= 4 is 44.3 Å². The number of aromatic nitrogens is 1. The van der Waals surface area contributed by atoms with E-state index in [4.69, 9.17) is 16.6 Å². The van der Waals surface area contributed by atoms with Gasteiger partial charge in [-0.1, -0.05) is 27.5 Å². The van der Waals surface area contributed by atoms with Crippen molar-refractivity contribution in [2.75, 3.05) is 0 Å². The first-order valence-electron chi connectivity index (χ1n) is 8.48. The molecule has 0 aliphatic rings. The number of benzene rings is 2. The summed E-state index contributed by atoms with van der Waals surface area (Å²) in [6.45, 7) is 5.80. The van der Waals surface area contributed by atoms with Gasteiger partial charge in [0.2, 0.25) is 5.91 Å². The van der Waals surface area contributed by atoms with E-state index in [1.165, 1.54) is 12.1 Å². The Morgan fingerprint density at radius 2 is 1.93 bits per heavy atom. The lowest BCUT2D eigenvalue weighted by molar-refractivity contribution is -0.121. The minimum atomic E-state index is -0.489. The molecule has 6 heteroatoms. The predicted molar refractivity (Wildman–Crippen MR) is 111 cm³/mol. The molecule has 1 heterocycles. The summed E-state index contributed by atoms with van der Waals surface area (Å²) in [4.78, 5) is 17.2. The maximum Gasteiger partial charge on any atom is 0.224 e. The quantitative estimate of drug-likeness (QED) is 0.540. The molecule has 27 heavy (non-hydrogen) atoms. The monoisotopic (exact) mass is 448 g/mol. The van der Waals surface area contributed by atoms with E-state index >= 15 is 0 Å². The molecule has 0 atom stereocenters. The first-order chi connectivity index (χ1) is 12.6. The van der Waals surface area contributed by atoms with E-state index < -0.39 is 5.82 Å². The number of halogens is 3. The molecule has 140 valence electrons. The second-order valence-corrected chi connectivity index (χ2v) is 8.76. The average Bonchev–Trinajstić information content (AvgIpc) is 2.55. The van der Waals surface area contributed by atoms with E-state index in [9.17, 15) is 9.18 Å². The molecule has 0 fully saturated rings. The van der Waals surface area contributed by atoms with Crippen LogP contribution >= 0.6 is 27.5 Å². The number of nitrogens with one attached hydrogen (secondary N) is 1. The number of carbonyl (C=O) groups is 1. The number of pyridine rings is 1. The molecule has 0 saturated carbocycles. The van der Waals surface area contributed by atoms with Crippen LogP contribution in [0.1, 0.15) is 26.3 Å². The third-order valence-electron chi connectivity index (χ3n) is 3.91. The van der Waals surface area contributed by atoms with Crippen molar-refractivity contribution in [3.8, 4) is 11.3 Å². The maximum absolute atomic E-state index is 13.6. The molecule has 1 aromatic heterocycles. The number of hydrogen-bond acceptors (Lipinski definition) is 2. The Bertz CT molecular complexity index is 1030. The Balaban J connectivity index is 2.12. The van der Waals surface area contributed by atoms with Gasteiger partial charge in [0.1, 0.15) is 5.82 Å². The van der Waals surface area contributed by atoms with E-state index in [0.29, 0.717) is 11.3 Å². The largest absolute Gasteiger partial charge is 0.351 e. The number of nitrogens with zero attached hydrogens (tertiary/aromatic N) is 1. The molecule has 1 amide bonds. The van der Waals surface area contributed by atoms with Gasteiger partial charge in [-0.15, -0.1) is 0 Å². The van der Waals surface area contributed by atoms with Crippen LogP contribution < -0.4 is 5.32 Å². The summed E-state index contributed by atoms with van der Waals surface area (Å²) < 4.78 is 14.5. The van der Waals surface area contributed by atoms with Crippen molar-refractivity contribution in [1.29, 1.82) is 0 Å². The molecule has 3 nitrogen and oxygen atoms in total. The fourth-order valence-electron chi connectivity index (χ4n) is 2.85. The molecule has 3 rings (SSSR count). The van der Waals surface area contributed by atoms with Gasteiger partial charge >= 0.3 is 0 Å². The summed E-state index contributed by atoms with van der Waals surface area (Å²) in [6, 6.07) is 12.2. The molecule has 2 aromatic carbocycles. The lowest BCUT2D eigenvalue weighted by Gasteiger charge is -2.21. The lowest BCUT2D eigenvalue weighted by Crippen LogP contribution is -2.41. The van der Waals surface area contributed by atoms with Gasteiger partial charge in [0, 0.05) is 21.0 Å². The Hall–Kier alpha value is -1.98. The minimum absolute atomic E-state index is 0.0234. The van der Waals surface area contributed by atoms with Crippen LogP contribution in [0.3, 0.4) is 0 Å². The molecular formula is C21H19BrClFN2O. The molecule has 0 bridgehead atoms. The van der Waals surface area contributed by atoms with Crippen LogP contribution in [0.25, 0.3) is 22.2 Å². The second-order valence-electron chi connectivity index (χ2n) is 7.44. The molecule has 0 aliphatic carbocycles. The zero-order chi connectivity index (χ0) is 19.8. The zero-order valence-electron chi connectivity index (χ0n) is 15.2. The molecule has 0 unspecified atom stereocenters. The van der Waals surface area contributed by atoms with Crippen LogP contribution in [-0.2, 0) is 11.2 Å². The van der Waals surface area contributed by atoms with Crippen molar-refractivity contribution in [3.63, 3.8) is 0 Å². The smallest absolute Gasteiger partial charge is 0.224 e. The summed E-state index contributed by atoms with van der Waals surface area (Å²) in [5, 5.41) is 3.90. The third-order valence-corrected chi connectivity index (χ3v) is 4.70. The van der Waals surface area contributed by atoms with Crippen molar-refractivity contribution in [1.82, 2.24) is 10.3 Å². The van der Waals surface area contributed by atoms with Crippen LogP contribution in [0.2, 0.25) is 5.02 Å². The van der Waals surface area contributed by atoms with Crippen molar-refractivity contribution < 1.29 is 9.18 Å². The molecule has 1 N–H and O–H groups in total. The van der Waals surface area contributed by atoms with E-state index in [1.54, 1.807) is 6.07 Å². The van der Waals surface area contributed by atoms with Gasteiger partial charge in [0.15, 0.2) is 0 Å². The van der Waals surface area contributed by atoms with Crippen molar-refractivity contribution in [3.05, 3.63) is 63.3 Å². The number of carbonyl (C=O) groups excluding carboxylic acids is 1. The molecule has 3 aromatic rings. The van der Waals surface area contributed by atoms with E-state index in [1.807, 2.05) is 45.0 Å². The highest BCUT2D eigenvalue weighted by Crippen LogP contribution is 2.30. The lowest BCUT2D eigenvalue weighted by atomic mass is 10.00. The molecule has 0 aliphatic heterocycles. The summed E-state index contributed by atoms with van der Waals surface area (Å²) >= 11 is 9.42. The van der Waals surface area contributed by atoms with Crippen molar-refractivity contribution in [2.24, 2.45) is 0 Å². The Labute approximate surface area is 171 Å². The van der Waals surface area contributed by atoms with Crippen molar-refractivity contribution in [2.45, 2.75) is 32.7 Å². The normalized spacial score (nSPS) is 11.6. The highest BCUT2D eigenvalue weighted by Gasteiger charge is 2.18. The Morgan fingerprint density at radius 1 is 1.19 bits per heavy atom. The van der Waals surface area contributed by atoms with Crippen LogP contribution in [-0.4, -0.2) is 16.4 Å². The SMILES string of the molecule is CC(C)(C)NC(=O)Cc1cc2cc(Br)ccc2nc1-c1ccc(F)c(Cl)c1. The highest BCUT2D eigenvalue weighted by molar-refractivity contribution is 9.10. The van der Waals surface area contributed by atoms with Gasteiger partial charge in [-0.2, -0.15) is 0 Å². The second kappa shape index (κ2) is 7.56. The average molecular weight is 450 g/mol. The molecule has 0 radical (unpaired) electrons. The first kappa shape index (κ1) is 19.8. The highest BCUT2D eigenvalue weighted by atomic mass is 79.9. The fourth-order valence-corrected chi connectivity index (χ4v) is 3.41. The topological polar surface area (TPSA) is 42.0 Å². The van der Waals surface area contributed by atoms with E-state index in [0.717, 1.165) is 20.9 Å². The number of fused-ring (bicyclic) bond motifs is 1. The van der Waals surface area contributed by atoms with Gasteiger partial charge in [-0.3, -0.25) is 4.79 Å². The zero-order valence-corrected chi connectivity index (χ0v) is 17.6. The number of amides is 1. The van der Waals surface area contributed by atoms with Crippen LogP contribution in [0.4, 0.5) is 4.39 Å². The van der Waals surface area contributed by atoms with Crippen LogP contribution in [0.15, 0.2) is 46.9 Å². The number of hydrogen-bond donors (Lipinski definition) is 1.